The molecule has 3 heterocycles. The van der Waals surface area contributed by atoms with Gasteiger partial charge in [0.15, 0.2) is 5.82 Å². The van der Waals surface area contributed by atoms with Crippen molar-refractivity contribution in [2.24, 2.45) is 5.73 Å². The number of nitrogens with two attached hydrogens (primary N) is 1. The highest BCUT2D eigenvalue weighted by atomic mass is 16.5. The van der Waals surface area contributed by atoms with Gasteiger partial charge in [-0.15, -0.1) is 0 Å². The summed E-state index contributed by atoms with van der Waals surface area (Å²) in [4.78, 5) is 6.68. The second-order valence-electron chi connectivity index (χ2n) is 7.31. The molecule has 0 bridgehead atoms. The Labute approximate surface area is 163 Å². The van der Waals surface area contributed by atoms with E-state index in [9.17, 15) is 5.11 Å². The Kier molecular flexibility index (Phi) is 5.17. The lowest BCUT2D eigenvalue weighted by atomic mass is 10.0. The molecule has 0 radical (unpaired) electrons. The van der Waals surface area contributed by atoms with Gasteiger partial charge in [-0.1, -0.05) is 6.07 Å². The quantitative estimate of drug-likeness (QED) is 0.617. The Hall–Kier alpha value is -2.68. The predicted octanol–water partition coefficient (Wildman–Crippen LogP) is 1.68. The van der Waals surface area contributed by atoms with Crippen LogP contribution in [0.5, 0.6) is 5.75 Å². The third-order valence-electron chi connectivity index (χ3n) is 5.32. The lowest BCUT2D eigenvalue weighted by Gasteiger charge is -2.33. The second kappa shape index (κ2) is 7.75. The number of fused-ring (bicyclic) bond motifs is 1. The Balaban J connectivity index is 1.62. The van der Waals surface area contributed by atoms with E-state index in [1.54, 1.807) is 7.11 Å². The van der Waals surface area contributed by atoms with Crippen LogP contribution in [0.25, 0.3) is 5.52 Å². The molecule has 0 aliphatic carbocycles. The molecule has 1 fully saturated rings. The molecular formula is C20H26N6O2. The van der Waals surface area contributed by atoms with Crippen molar-refractivity contribution in [3.63, 3.8) is 0 Å². The first-order chi connectivity index (χ1) is 13.5. The van der Waals surface area contributed by atoms with Crippen LogP contribution in [-0.4, -0.2) is 56.9 Å². The molecular weight excluding hydrogens is 356 g/mol. The normalized spacial score (nSPS) is 20.4. The summed E-state index contributed by atoms with van der Waals surface area (Å²) in [5.41, 5.74) is 9.92. The average molecular weight is 382 g/mol. The Morgan fingerprint density at radius 3 is 3.00 bits per heavy atom. The first kappa shape index (κ1) is 18.7. The number of likely N-dealkylation sites (tertiary alicyclic amines) is 1. The number of ether oxygens (including phenoxy) is 1. The van der Waals surface area contributed by atoms with Crippen molar-refractivity contribution in [1.82, 2.24) is 19.5 Å². The van der Waals surface area contributed by atoms with Crippen LogP contribution in [0.3, 0.4) is 0 Å². The van der Waals surface area contributed by atoms with Crippen molar-refractivity contribution in [2.45, 2.75) is 32.0 Å². The van der Waals surface area contributed by atoms with Gasteiger partial charge in [0.05, 0.1) is 13.2 Å². The zero-order valence-corrected chi connectivity index (χ0v) is 16.2. The average Bonchev–Trinajstić information content (AvgIpc) is 3.10. The monoisotopic (exact) mass is 382 g/mol. The number of piperidine rings is 1. The molecule has 1 saturated heterocycles. The fraction of sp³-hybridized carbons (Fsp3) is 0.400. The van der Waals surface area contributed by atoms with Gasteiger partial charge in [0.2, 0.25) is 0 Å². The third kappa shape index (κ3) is 3.66. The summed E-state index contributed by atoms with van der Waals surface area (Å²) in [6.45, 7) is 4.15. The van der Waals surface area contributed by atoms with Gasteiger partial charge < -0.3 is 20.9 Å². The first-order valence-electron chi connectivity index (χ1n) is 9.44. The van der Waals surface area contributed by atoms with Gasteiger partial charge in [-0.3, -0.25) is 4.90 Å². The molecule has 0 spiro atoms. The number of aliphatic hydroxyl groups is 1. The summed E-state index contributed by atoms with van der Waals surface area (Å²) in [5, 5.41) is 17.8. The summed E-state index contributed by atoms with van der Waals surface area (Å²) < 4.78 is 7.24. The van der Waals surface area contributed by atoms with Crippen molar-refractivity contribution in [2.75, 3.05) is 25.5 Å². The van der Waals surface area contributed by atoms with Crippen molar-refractivity contribution in [1.29, 1.82) is 0 Å². The maximum Gasteiger partial charge on any atom is 0.158 e. The fourth-order valence-electron chi connectivity index (χ4n) is 3.67. The first-order valence-corrected chi connectivity index (χ1v) is 9.44. The highest BCUT2D eigenvalue weighted by molar-refractivity contribution is 5.76. The standard InChI is InChI=1S/C20H26N6O2/c1-13-3-4-15(9-18(13)28-2)24-20-19-14(5-8-26(19)23-12-22-20)10-25-7-6-16(21)17(27)11-25/h3-5,8-9,12,16-17,27H,6-7,10-11,21H2,1-2H3,(H,22,23,24)/t16-,17-/m1/s1. The van der Waals surface area contributed by atoms with Crippen LogP contribution >= 0.6 is 0 Å². The number of nitrogens with zero attached hydrogens (tertiary/aromatic N) is 4. The van der Waals surface area contributed by atoms with Gasteiger partial charge in [0.1, 0.15) is 17.6 Å². The minimum absolute atomic E-state index is 0.140. The lowest BCUT2D eigenvalue weighted by molar-refractivity contribution is 0.0501. The Bertz CT molecular complexity index is 972. The number of hydrogen-bond donors (Lipinski definition) is 3. The van der Waals surface area contributed by atoms with Crippen LogP contribution in [-0.2, 0) is 6.54 Å². The van der Waals surface area contributed by atoms with Crippen LogP contribution in [0.4, 0.5) is 11.5 Å². The number of β-amino-alcohol motifs (C(OH)–C–C–N with tert-alkyl or cyclic N) is 1. The number of hydrogen-bond acceptors (Lipinski definition) is 7. The molecule has 8 nitrogen and oxygen atoms in total. The smallest absolute Gasteiger partial charge is 0.158 e. The Morgan fingerprint density at radius 2 is 2.21 bits per heavy atom. The molecule has 4 N–H and O–H groups in total. The minimum atomic E-state index is -0.489. The largest absolute Gasteiger partial charge is 0.496 e. The SMILES string of the molecule is COc1cc(Nc2ncnn3ccc(CN4CC[C@@H](N)[C@H](O)C4)c23)ccc1C. The summed E-state index contributed by atoms with van der Waals surface area (Å²) in [6.07, 6.45) is 3.77. The maximum atomic E-state index is 10.1. The summed E-state index contributed by atoms with van der Waals surface area (Å²) >= 11 is 0. The lowest BCUT2D eigenvalue weighted by Crippen LogP contribution is -2.50. The summed E-state index contributed by atoms with van der Waals surface area (Å²) in [5.74, 6) is 1.56. The summed E-state index contributed by atoms with van der Waals surface area (Å²) in [7, 11) is 1.67. The molecule has 2 aromatic heterocycles. The number of benzene rings is 1. The third-order valence-corrected chi connectivity index (χ3v) is 5.32. The van der Waals surface area contributed by atoms with E-state index < -0.39 is 6.10 Å². The van der Waals surface area contributed by atoms with E-state index in [0.717, 1.165) is 46.9 Å². The van der Waals surface area contributed by atoms with E-state index in [-0.39, 0.29) is 6.04 Å². The van der Waals surface area contributed by atoms with Crippen molar-refractivity contribution in [3.8, 4) is 5.75 Å². The molecule has 1 aliphatic heterocycles. The van der Waals surface area contributed by atoms with Gasteiger partial charge in [-0.05, 0) is 36.6 Å². The van der Waals surface area contributed by atoms with Gasteiger partial charge >= 0.3 is 0 Å². The molecule has 0 unspecified atom stereocenters. The van der Waals surface area contributed by atoms with Crippen LogP contribution < -0.4 is 15.8 Å². The number of aromatic nitrogens is 3. The number of aryl methyl sites for hydroxylation is 1. The van der Waals surface area contributed by atoms with E-state index in [2.05, 4.69) is 20.3 Å². The molecule has 0 amide bonds. The van der Waals surface area contributed by atoms with E-state index in [1.165, 1.54) is 6.33 Å². The van der Waals surface area contributed by atoms with Gasteiger partial charge in [0.25, 0.3) is 0 Å². The number of anilines is 2. The van der Waals surface area contributed by atoms with E-state index >= 15 is 0 Å². The van der Waals surface area contributed by atoms with Gasteiger partial charge in [-0.2, -0.15) is 5.10 Å². The van der Waals surface area contributed by atoms with Crippen LogP contribution in [0.1, 0.15) is 17.5 Å². The van der Waals surface area contributed by atoms with Crippen molar-refractivity contribution < 1.29 is 9.84 Å². The zero-order valence-electron chi connectivity index (χ0n) is 16.2. The van der Waals surface area contributed by atoms with Crippen LogP contribution in [0.15, 0.2) is 36.8 Å². The highest BCUT2D eigenvalue weighted by Crippen LogP contribution is 2.28. The van der Waals surface area contributed by atoms with E-state index in [4.69, 9.17) is 10.5 Å². The zero-order chi connectivity index (χ0) is 19.7. The molecule has 1 aromatic carbocycles. The molecule has 2 atom stereocenters. The topological polar surface area (TPSA) is 101 Å². The summed E-state index contributed by atoms with van der Waals surface area (Å²) in [6, 6.07) is 7.88. The maximum absolute atomic E-state index is 10.1. The predicted molar refractivity (Wildman–Crippen MR) is 108 cm³/mol. The molecule has 28 heavy (non-hydrogen) atoms. The molecule has 148 valence electrons. The van der Waals surface area contributed by atoms with Crippen molar-refractivity contribution in [3.05, 3.63) is 47.9 Å². The minimum Gasteiger partial charge on any atom is -0.496 e. The van der Waals surface area contributed by atoms with Crippen LogP contribution in [0, 0.1) is 6.92 Å². The van der Waals surface area contributed by atoms with Crippen molar-refractivity contribution >= 4 is 17.0 Å². The molecule has 8 heteroatoms. The van der Waals surface area contributed by atoms with Gasteiger partial charge in [0, 0.05) is 43.6 Å². The Morgan fingerprint density at radius 1 is 1.36 bits per heavy atom. The number of nitrogens with one attached hydrogen (secondary N) is 1. The van der Waals surface area contributed by atoms with Crippen LogP contribution in [0.2, 0.25) is 0 Å². The highest BCUT2D eigenvalue weighted by Gasteiger charge is 2.25. The molecule has 0 saturated carbocycles. The molecule has 1 aliphatic rings. The second-order valence-corrected chi connectivity index (χ2v) is 7.31. The number of aliphatic hydroxyl groups excluding tert-OH is 1. The van der Waals surface area contributed by atoms with E-state index in [0.29, 0.717) is 13.1 Å². The van der Waals surface area contributed by atoms with Gasteiger partial charge in [-0.25, -0.2) is 9.50 Å². The number of rotatable bonds is 5. The van der Waals surface area contributed by atoms with E-state index in [1.807, 2.05) is 41.9 Å². The molecule has 4 rings (SSSR count). The molecule has 3 aromatic rings. The fourth-order valence-corrected chi connectivity index (χ4v) is 3.67. The number of methoxy groups -OCH3 is 1.